The van der Waals surface area contributed by atoms with Crippen LogP contribution in [0.5, 0.6) is 0 Å². The summed E-state index contributed by atoms with van der Waals surface area (Å²) in [5.74, 6) is 2.48. The molecule has 0 atom stereocenters. The molecule has 5 nitrogen and oxygen atoms in total. The summed E-state index contributed by atoms with van der Waals surface area (Å²) in [5.41, 5.74) is 0. The summed E-state index contributed by atoms with van der Waals surface area (Å²) in [6.07, 6.45) is 3.35. The van der Waals surface area contributed by atoms with Gasteiger partial charge in [0.15, 0.2) is 0 Å². The minimum absolute atomic E-state index is 0.286. The topological polar surface area (TPSA) is 62.3 Å². The summed E-state index contributed by atoms with van der Waals surface area (Å²) in [6.45, 7) is 11.0. The summed E-state index contributed by atoms with van der Waals surface area (Å²) in [5, 5.41) is 3.34. The van der Waals surface area contributed by atoms with Crippen molar-refractivity contribution < 1.29 is 8.42 Å². The Kier molecular flexibility index (Phi) is 6.03. The highest BCUT2D eigenvalue weighted by Gasteiger charge is 2.27. The molecule has 1 aliphatic rings. The van der Waals surface area contributed by atoms with Crippen LogP contribution >= 0.6 is 0 Å². The van der Waals surface area contributed by atoms with Gasteiger partial charge in [-0.25, -0.2) is 13.4 Å². The highest BCUT2D eigenvalue weighted by atomic mass is 32.2. The molecule has 0 aliphatic carbocycles. The lowest BCUT2D eigenvalue weighted by atomic mass is 9.85. The van der Waals surface area contributed by atoms with Gasteiger partial charge in [-0.2, -0.15) is 4.31 Å². The predicted molar refractivity (Wildman–Crippen MR) is 93.9 cm³/mol. The van der Waals surface area contributed by atoms with E-state index >= 15 is 0 Å². The van der Waals surface area contributed by atoms with Crippen molar-refractivity contribution in [2.75, 3.05) is 25.0 Å². The van der Waals surface area contributed by atoms with Gasteiger partial charge in [0.25, 0.3) is 0 Å². The summed E-state index contributed by atoms with van der Waals surface area (Å²) in [7, 11) is -3.37. The van der Waals surface area contributed by atoms with Crippen molar-refractivity contribution in [3.8, 4) is 0 Å². The van der Waals surface area contributed by atoms with Gasteiger partial charge in [0, 0.05) is 25.8 Å². The summed E-state index contributed by atoms with van der Waals surface area (Å²) in [6, 6.07) is 3.42. The van der Waals surface area contributed by atoms with E-state index in [9.17, 15) is 8.42 Å². The van der Waals surface area contributed by atoms with Crippen molar-refractivity contribution in [2.45, 2.75) is 45.4 Å². The maximum absolute atomic E-state index is 12.5. The molecule has 1 aromatic heterocycles. The maximum Gasteiger partial charge on any atom is 0.244 e. The van der Waals surface area contributed by atoms with Crippen LogP contribution in [0, 0.1) is 17.8 Å². The maximum atomic E-state index is 12.5. The number of aromatic nitrogens is 1. The molecule has 0 aromatic carbocycles. The average molecular weight is 340 g/mol. The zero-order valence-electron chi connectivity index (χ0n) is 14.6. The van der Waals surface area contributed by atoms with Crippen LogP contribution in [0.15, 0.2) is 23.2 Å². The lowest BCUT2D eigenvalue weighted by Crippen LogP contribution is -2.28. The standard InChI is InChI=1S/C17H29N3O2S/c1-13(2)16(14(3)4)12-19-17-8-7-15(11-18-17)23(21,22)20-9-5-6-10-20/h7-8,11,13-14,16H,5-6,9-10,12H2,1-4H3,(H,18,19). The normalized spacial score (nSPS) is 16.7. The minimum Gasteiger partial charge on any atom is -0.370 e. The van der Waals surface area contributed by atoms with E-state index in [1.807, 2.05) is 0 Å². The Bertz CT molecular complexity index is 583. The van der Waals surface area contributed by atoms with Gasteiger partial charge in [-0.3, -0.25) is 0 Å². The number of rotatable bonds is 7. The van der Waals surface area contributed by atoms with Gasteiger partial charge >= 0.3 is 0 Å². The monoisotopic (exact) mass is 339 g/mol. The third-order valence-corrected chi connectivity index (χ3v) is 6.55. The Balaban J connectivity index is 2.02. The van der Waals surface area contributed by atoms with Crippen molar-refractivity contribution in [3.05, 3.63) is 18.3 Å². The molecule has 2 rings (SSSR count). The number of nitrogens with one attached hydrogen (secondary N) is 1. The second kappa shape index (κ2) is 7.62. The first kappa shape index (κ1) is 18.2. The fourth-order valence-electron chi connectivity index (χ4n) is 3.18. The third-order valence-electron chi connectivity index (χ3n) is 4.67. The van der Waals surface area contributed by atoms with Crippen molar-refractivity contribution in [3.63, 3.8) is 0 Å². The van der Waals surface area contributed by atoms with Gasteiger partial charge in [0.05, 0.1) is 0 Å². The number of pyridine rings is 1. The van der Waals surface area contributed by atoms with Gasteiger partial charge in [-0.15, -0.1) is 0 Å². The van der Waals surface area contributed by atoms with E-state index in [1.165, 1.54) is 6.20 Å². The predicted octanol–water partition coefficient (Wildman–Crippen LogP) is 3.21. The molecule has 0 saturated carbocycles. The number of nitrogens with zero attached hydrogens (tertiary/aromatic N) is 2. The summed E-state index contributed by atoms with van der Waals surface area (Å²) >= 11 is 0. The summed E-state index contributed by atoms with van der Waals surface area (Å²) < 4.78 is 26.5. The van der Waals surface area contributed by atoms with E-state index in [1.54, 1.807) is 16.4 Å². The highest BCUT2D eigenvalue weighted by Crippen LogP contribution is 2.23. The highest BCUT2D eigenvalue weighted by molar-refractivity contribution is 7.89. The first-order valence-corrected chi connectivity index (χ1v) is 9.96. The van der Waals surface area contributed by atoms with Crippen LogP contribution in [0.25, 0.3) is 0 Å². The van der Waals surface area contributed by atoms with Crippen LogP contribution in [0.2, 0.25) is 0 Å². The van der Waals surface area contributed by atoms with Crippen LogP contribution in [0.1, 0.15) is 40.5 Å². The molecule has 2 heterocycles. The van der Waals surface area contributed by atoms with E-state index < -0.39 is 10.0 Å². The Morgan fingerprint density at radius 3 is 2.22 bits per heavy atom. The molecule has 1 N–H and O–H groups in total. The van der Waals surface area contributed by atoms with Crippen molar-refractivity contribution in [2.24, 2.45) is 17.8 Å². The van der Waals surface area contributed by atoms with E-state index in [-0.39, 0.29) is 4.90 Å². The van der Waals surface area contributed by atoms with Gasteiger partial charge in [0.2, 0.25) is 10.0 Å². The van der Waals surface area contributed by atoms with Crippen LogP contribution in [0.4, 0.5) is 5.82 Å². The molecular weight excluding hydrogens is 310 g/mol. The second-order valence-corrected chi connectivity index (χ2v) is 8.96. The fraction of sp³-hybridized carbons (Fsp3) is 0.706. The van der Waals surface area contributed by atoms with Crippen LogP contribution in [-0.4, -0.2) is 37.3 Å². The molecule has 0 amide bonds. The molecule has 130 valence electrons. The van der Waals surface area contributed by atoms with Crippen LogP contribution in [0.3, 0.4) is 0 Å². The van der Waals surface area contributed by atoms with Crippen molar-refractivity contribution in [1.82, 2.24) is 9.29 Å². The third kappa shape index (κ3) is 4.44. The molecule has 6 heteroatoms. The molecule has 0 spiro atoms. The quantitative estimate of drug-likeness (QED) is 0.828. The van der Waals surface area contributed by atoms with Gasteiger partial charge < -0.3 is 5.32 Å². The number of anilines is 1. The van der Waals surface area contributed by atoms with Gasteiger partial charge in [0.1, 0.15) is 10.7 Å². The fourth-order valence-corrected chi connectivity index (χ4v) is 4.64. The molecular formula is C17H29N3O2S. The molecule has 1 aromatic rings. The van der Waals surface area contributed by atoms with Crippen molar-refractivity contribution >= 4 is 15.8 Å². The first-order chi connectivity index (χ1) is 10.8. The van der Waals surface area contributed by atoms with Gasteiger partial charge in [-0.1, -0.05) is 27.7 Å². The minimum atomic E-state index is -3.37. The lowest BCUT2D eigenvalue weighted by molar-refractivity contribution is 0.304. The van der Waals surface area contributed by atoms with Gasteiger partial charge in [-0.05, 0) is 42.7 Å². The number of hydrogen-bond acceptors (Lipinski definition) is 4. The molecule has 1 saturated heterocycles. The Morgan fingerprint density at radius 2 is 1.74 bits per heavy atom. The second-order valence-electron chi connectivity index (χ2n) is 7.02. The number of hydrogen-bond donors (Lipinski definition) is 1. The molecule has 1 aliphatic heterocycles. The van der Waals surface area contributed by atoms with Crippen molar-refractivity contribution in [1.29, 1.82) is 0 Å². The zero-order valence-corrected chi connectivity index (χ0v) is 15.4. The van der Waals surface area contributed by atoms with E-state index in [0.717, 1.165) is 25.2 Å². The molecule has 0 bridgehead atoms. The van der Waals surface area contributed by atoms with E-state index in [2.05, 4.69) is 38.0 Å². The molecule has 0 unspecified atom stereocenters. The smallest absolute Gasteiger partial charge is 0.244 e. The SMILES string of the molecule is CC(C)C(CNc1ccc(S(=O)(=O)N2CCCC2)cn1)C(C)C. The Morgan fingerprint density at radius 1 is 1.13 bits per heavy atom. The Hall–Kier alpha value is -1.14. The van der Waals surface area contributed by atoms with Crippen LogP contribution < -0.4 is 5.32 Å². The summed E-state index contributed by atoms with van der Waals surface area (Å²) in [4.78, 5) is 4.58. The Labute approximate surface area is 140 Å². The largest absolute Gasteiger partial charge is 0.370 e. The van der Waals surface area contributed by atoms with Crippen LogP contribution in [-0.2, 0) is 10.0 Å². The molecule has 23 heavy (non-hydrogen) atoms. The number of sulfonamides is 1. The first-order valence-electron chi connectivity index (χ1n) is 8.52. The van der Waals surface area contributed by atoms with E-state index in [0.29, 0.717) is 30.8 Å². The lowest BCUT2D eigenvalue weighted by Gasteiger charge is -2.25. The molecule has 1 fully saturated rings. The molecule has 0 radical (unpaired) electrons. The average Bonchev–Trinajstić information content (AvgIpc) is 3.02. The van der Waals surface area contributed by atoms with E-state index in [4.69, 9.17) is 0 Å². The zero-order chi connectivity index (χ0) is 17.0.